The second-order valence-electron chi connectivity index (χ2n) is 10.1. The summed E-state index contributed by atoms with van der Waals surface area (Å²) < 4.78 is 2.35. The summed E-state index contributed by atoms with van der Waals surface area (Å²) in [5.74, 6) is 0.956. The predicted molar refractivity (Wildman–Crippen MR) is 124 cm³/mol. The third kappa shape index (κ3) is 2.72. The molecule has 0 atom stereocenters. The van der Waals surface area contributed by atoms with Gasteiger partial charge in [-0.25, -0.2) is 4.98 Å². The van der Waals surface area contributed by atoms with Crippen LogP contribution in [0.3, 0.4) is 0 Å². The Morgan fingerprint density at radius 1 is 0.867 bits per heavy atom. The molecular weight excluding hydrogens is 366 g/mol. The van der Waals surface area contributed by atoms with Crippen LogP contribution in [-0.4, -0.2) is 14.5 Å². The molecule has 30 heavy (non-hydrogen) atoms. The van der Waals surface area contributed by atoms with Crippen LogP contribution in [0.1, 0.15) is 56.5 Å². The third-order valence-corrected chi connectivity index (χ3v) is 6.56. The minimum atomic E-state index is 0.0818. The highest BCUT2D eigenvalue weighted by atomic mass is 15.1. The van der Waals surface area contributed by atoms with Crippen LogP contribution in [0.15, 0.2) is 54.7 Å². The molecule has 1 aliphatic rings. The molecule has 3 nitrogen and oxygen atoms in total. The molecule has 0 N–H and O–H groups in total. The molecule has 5 rings (SSSR count). The van der Waals surface area contributed by atoms with E-state index >= 15 is 0 Å². The van der Waals surface area contributed by atoms with Crippen molar-refractivity contribution in [2.45, 2.75) is 58.8 Å². The molecule has 2 heterocycles. The standard InChI is InChI=1S/C27H29N3/c1-17-14-21-24(23-22(17)26(3,4)16-27(23,5)6)30(20-10-8-7-9-11-20)25(29-21)19-13-12-18(2)28-15-19/h7-15H,16H2,1-6H3. The molecule has 2 aromatic carbocycles. The van der Waals surface area contributed by atoms with Gasteiger partial charge in [0.2, 0.25) is 0 Å². The van der Waals surface area contributed by atoms with Crippen LogP contribution < -0.4 is 0 Å². The first-order valence-electron chi connectivity index (χ1n) is 10.7. The first-order valence-corrected chi connectivity index (χ1v) is 10.7. The lowest BCUT2D eigenvalue weighted by Crippen LogP contribution is -2.18. The van der Waals surface area contributed by atoms with E-state index in [-0.39, 0.29) is 10.8 Å². The number of imidazole rings is 1. The van der Waals surface area contributed by atoms with Gasteiger partial charge < -0.3 is 0 Å². The highest BCUT2D eigenvalue weighted by Crippen LogP contribution is 2.53. The van der Waals surface area contributed by atoms with Gasteiger partial charge in [0.05, 0.1) is 11.0 Å². The molecule has 0 unspecified atom stereocenters. The van der Waals surface area contributed by atoms with Crippen LogP contribution in [0.25, 0.3) is 28.1 Å². The summed E-state index contributed by atoms with van der Waals surface area (Å²) >= 11 is 0. The van der Waals surface area contributed by atoms with Gasteiger partial charge in [-0.1, -0.05) is 45.9 Å². The maximum Gasteiger partial charge on any atom is 0.147 e. The van der Waals surface area contributed by atoms with Gasteiger partial charge in [-0.05, 0) is 78.1 Å². The summed E-state index contributed by atoms with van der Waals surface area (Å²) in [6, 6.07) is 17.1. The average Bonchev–Trinajstić information content (AvgIpc) is 3.14. The minimum absolute atomic E-state index is 0.0818. The molecule has 0 amide bonds. The van der Waals surface area contributed by atoms with Gasteiger partial charge in [-0.2, -0.15) is 0 Å². The Hall–Kier alpha value is -2.94. The van der Waals surface area contributed by atoms with Gasteiger partial charge in [0.25, 0.3) is 0 Å². The smallest absolute Gasteiger partial charge is 0.147 e. The monoisotopic (exact) mass is 395 g/mol. The summed E-state index contributed by atoms with van der Waals surface area (Å²) in [5, 5.41) is 0. The van der Waals surface area contributed by atoms with E-state index < -0.39 is 0 Å². The normalized spacial score (nSPS) is 16.7. The summed E-state index contributed by atoms with van der Waals surface area (Å²) in [7, 11) is 0. The summed E-state index contributed by atoms with van der Waals surface area (Å²) in [6.07, 6.45) is 3.08. The fourth-order valence-corrected chi connectivity index (χ4v) is 5.81. The van der Waals surface area contributed by atoms with Crippen molar-refractivity contribution in [1.82, 2.24) is 14.5 Å². The molecule has 0 aliphatic heterocycles. The van der Waals surface area contributed by atoms with E-state index in [1.807, 2.05) is 13.1 Å². The topological polar surface area (TPSA) is 30.7 Å². The van der Waals surface area contributed by atoms with Crippen molar-refractivity contribution < 1.29 is 0 Å². The number of fused-ring (bicyclic) bond motifs is 3. The Morgan fingerprint density at radius 3 is 2.23 bits per heavy atom. The van der Waals surface area contributed by atoms with Crippen LogP contribution >= 0.6 is 0 Å². The van der Waals surface area contributed by atoms with E-state index in [1.165, 1.54) is 22.2 Å². The fraction of sp³-hybridized carbons (Fsp3) is 0.333. The Labute approximate surface area is 178 Å². The molecule has 0 bridgehead atoms. The quantitative estimate of drug-likeness (QED) is 0.380. The number of nitrogens with zero attached hydrogens (tertiary/aromatic N) is 3. The van der Waals surface area contributed by atoms with Gasteiger partial charge in [-0.15, -0.1) is 0 Å². The van der Waals surface area contributed by atoms with Crippen molar-refractivity contribution in [2.24, 2.45) is 0 Å². The zero-order valence-electron chi connectivity index (χ0n) is 18.7. The SMILES string of the molecule is Cc1ccc(-c2nc3cc(C)c4c(c3n2-c2ccccc2)C(C)(C)CC4(C)C)cn1. The first-order chi connectivity index (χ1) is 14.2. The van der Waals surface area contributed by atoms with Gasteiger partial charge in [-0.3, -0.25) is 9.55 Å². The lowest BCUT2D eigenvalue weighted by atomic mass is 9.81. The van der Waals surface area contributed by atoms with E-state index in [1.54, 1.807) is 0 Å². The molecule has 0 fully saturated rings. The third-order valence-electron chi connectivity index (χ3n) is 6.56. The zero-order chi connectivity index (χ0) is 21.3. The van der Waals surface area contributed by atoms with Gasteiger partial charge in [0.1, 0.15) is 5.82 Å². The number of pyridine rings is 1. The highest BCUT2D eigenvalue weighted by Gasteiger charge is 2.45. The molecule has 0 saturated carbocycles. The largest absolute Gasteiger partial charge is 0.292 e. The summed E-state index contributed by atoms with van der Waals surface area (Å²) in [5.41, 5.74) is 10.0. The van der Waals surface area contributed by atoms with Crippen molar-refractivity contribution in [3.8, 4) is 17.1 Å². The van der Waals surface area contributed by atoms with Crippen molar-refractivity contribution in [1.29, 1.82) is 0 Å². The van der Waals surface area contributed by atoms with Crippen LogP contribution in [0, 0.1) is 13.8 Å². The molecule has 3 heteroatoms. The van der Waals surface area contributed by atoms with E-state index in [0.29, 0.717) is 0 Å². The predicted octanol–water partition coefficient (Wildman–Crippen LogP) is 6.66. The van der Waals surface area contributed by atoms with E-state index in [4.69, 9.17) is 4.98 Å². The lowest BCUT2D eigenvalue weighted by Gasteiger charge is -2.23. The molecule has 2 aromatic heterocycles. The number of rotatable bonds is 2. The highest BCUT2D eigenvalue weighted by molar-refractivity contribution is 5.90. The summed E-state index contributed by atoms with van der Waals surface area (Å²) in [6.45, 7) is 13.8. The maximum absolute atomic E-state index is 5.16. The average molecular weight is 396 g/mol. The maximum atomic E-state index is 5.16. The van der Waals surface area contributed by atoms with E-state index in [9.17, 15) is 0 Å². The fourth-order valence-electron chi connectivity index (χ4n) is 5.81. The lowest BCUT2D eigenvalue weighted by molar-refractivity contribution is 0.403. The van der Waals surface area contributed by atoms with E-state index in [0.717, 1.165) is 34.7 Å². The van der Waals surface area contributed by atoms with Gasteiger partial charge in [0.15, 0.2) is 0 Å². The van der Waals surface area contributed by atoms with Crippen LogP contribution in [0.2, 0.25) is 0 Å². The Kier molecular flexibility index (Phi) is 3.99. The number of para-hydroxylation sites is 1. The second kappa shape index (κ2) is 6.28. The number of benzene rings is 2. The molecular formula is C27H29N3. The Balaban J connectivity index is 1.96. The Bertz CT molecular complexity index is 1260. The minimum Gasteiger partial charge on any atom is -0.292 e. The molecule has 1 aliphatic carbocycles. The van der Waals surface area contributed by atoms with Crippen LogP contribution in [-0.2, 0) is 10.8 Å². The molecule has 4 aromatic rings. The first kappa shape index (κ1) is 19.0. The molecule has 0 saturated heterocycles. The molecule has 152 valence electrons. The van der Waals surface area contributed by atoms with Crippen molar-refractivity contribution in [3.63, 3.8) is 0 Å². The number of hydrogen-bond donors (Lipinski definition) is 0. The number of aromatic nitrogens is 3. The van der Waals surface area contributed by atoms with Crippen LogP contribution in [0.4, 0.5) is 0 Å². The van der Waals surface area contributed by atoms with Gasteiger partial charge >= 0.3 is 0 Å². The Morgan fingerprint density at radius 2 is 1.57 bits per heavy atom. The second-order valence-corrected chi connectivity index (χ2v) is 10.1. The summed E-state index contributed by atoms with van der Waals surface area (Å²) in [4.78, 5) is 9.71. The van der Waals surface area contributed by atoms with Gasteiger partial charge in [0, 0.05) is 23.1 Å². The number of aryl methyl sites for hydroxylation is 2. The molecule has 0 radical (unpaired) electrons. The zero-order valence-corrected chi connectivity index (χ0v) is 18.7. The van der Waals surface area contributed by atoms with Crippen molar-refractivity contribution in [2.75, 3.05) is 0 Å². The molecule has 0 spiro atoms. The van der Waals surface area contributed by atoms with Crippen molar-refractivity contribution >= 4 is 11.0 Å². The van der Waals surface area contributed by atoms with Crippen LogP contribution in [0.5, 0.6) is 0 Å². The van der Waals surface area contributed by atoms with Crippen molar-refractivity contribution in [3.05, 3.63) is 77.1 Å². The van der Waals surface area contributed by atoms with E-state index in [2.05, 4.69) is 92.7 Å². The number of hydrogen-bond acceptors (Lipinski definition) is 2.